The zero-order valence-corrected chi connectivity index (χ0v) is 17.6. The summed E-state index contributed by atoms with van der Waals surface area (Å²) < 4.78 is 0. The van der Waals surface area contributed by atoms with Gasteiger partial charge in [-0.25, -0.2) is 0 Å². The van der Waals surface area contributed by atoms with Crippen molar-refractivity contribution in [2.24, 2.45) is 40.9 Å². The quantitative estimate of drug-likeness (QED) is 0.512. The molecule has 0 heterocycles. The van der Waals surface area contributed by atoms with Crippen molar-refractivity contribution in [1.82, 2.24) is 0 Å². The van der Waals surface area contributed by atoms with Gasteiger partial charge in [0.25, 0.3) is 0 Å². The predicted octanol–water partition coefficient (Wildman–Crippen LogP) is 6.76. The Bertz CT molecular complexity index is 624. The largest absolute Gasteiger partial charge is 0.303 e. The average molecular weight is 355 g/mol. The summed E-state index contributed by atoms with van der Waals surface area (Å²) in [6.07, 6.45) is 13.5. The molecule has 0 aromatic carbocycles. The number of aldehydes is 1. The minimum Gasteiger partial charge on any atom is -0.303 e. The number of carbonyl (C=O) groups excluding carboxylic acids is 1. The summed E-state index contributed by atoms with van der Waals surface area (Å²) in [5.41, 5.74) is 4.78. The first-order valence-electron chi connectivity index (χ1n) is 10.8. The first kappa shape index (κ1) is 19.6. The summed E-state index contributed by atoms with van der Waals surface area (Å²) in [7, 11) is 0. The lowest BCUT2D eigenvalue weighted by Gasteiger charge is -2.43. The molecule has 3 saturated carbocycles. The lowest BCUT2D eigenvalue weighted by atomic mass is 9.61. The van der Waals surface area contributed by atoms with E-state index in [9.17, 15) is 4.79 Å². The molecular formula is C25H38O. The molecule has 0 aromatic heterocycles. The van der Waals surface area contributed by atoms with Crippen LogP contribution < -0.4 is 0 Å². The summed E-state index contributed by atoms with van der Waals surface area (Å²) in [5, 5.41) is 0. The molecule has 0 aromatic rings. The number of allylic oxidation sites excluding steroid dienone is 5. The van der Waals surface area contributed by atoms with Crippen molar-refractivity contribution in [2.45, 2.75) is 73.1 Å². The summed E-state index contributed by atoms with van der Waals surface area (Å²) >= 11 is 0. The van der Waals surface area contributed by atoms with Gasteiger partial charge in [0.2, 0.25) is 0 Å². The first-order valence-corrected chi connectivity index (χ1v) is 10.8. The van der Waals surface area contributed by atoms with Crippen molar-refractivity contribution >= 4 is 6.29 Å². The second kappa shape index (κ2) is 7.49. The van der Waals surface area contributed by atoms with Gasteiger partial charge in [-0.1, -0.05) is 58.9 Å². The minimum absolute atomic E-state index is 0.198. The van der Waals surface area contributed by atoms with Crippen molar-refractivity contribution in [3.8, 4) is 0 Å². The summed E-state index contributed by atoms with van der Waals surface area (Å²) in [6.45, 7) is 16.1. The van der Waals surface area contributed by atoms with Crippen LogP contribution in [0.25, 0.3) is 0 Å². The molecule has 26 heavy (non-hydrogen) atoms. The molecule has 0 bridgehead atoms. The highest BCUT2D eigenvalue weighted by molar-refractivity contribution is 5.54. The third kappa shape index (κ3) is 3.27. The zero-order valence-electron chi connectivity index (χ0n) is 17.6. The first-order chi connectivity index (χ1) is 12.3. The van der Waals surface area contributed by atoms with Crippen LogP contribution in [-0.2, 0) is 4.79 Å². The second-order valence-corrected chi connectivity index (χ2v) is 9.88. The molecule has 3 aliphatic carbocycles. The molecule has 3 rings (SSSR count). The molecule has 1 nitrogen and oxygen atoms in total. The van der Waals surface area contributed by atoms with Crippen LogP contribution in [0, 0.1) is 40.9 Å². The van der Waals surface area contributed by atoms with Crippen LogP contribution >= 0.6 is 0 Å². The normalized spacial score (nSPS) is 45.0. The van der Waals surface area contributed by atoms with Gasteiger partial charge in [-0.05, 0) is 84.7 Å². The Hall–Kier alpha value is -1.11. The molecule has 0 amide bonds. The lowest BCUT2D eigenvalue weighted by Crippen LogP contribution is -2.36. The van der Waals surface area contributed by atoms with Gasteiger partial charge in [0.05, 0.1) is 0 Å². The Labute approximate surface area is 161 Å². The van der Waals surface area contributed by atoms with E-state index < -0.39 is 0 Å². The average Bonchev–Trinajstić information content (AvgIpc) is 2.98. The standard InChI is InChI=1S/C25H38O/c1-16-14-22(20(5)19(4)18(16)3)10-9-21-8-7-13-25(6)23(17(2)15-26)11-12-24(21)25/h9-10,15-19,23-24H,5,7-8,11-14H2,1-4,6H3/b21-9+,22-10-/t16-,17-,18+,19+,23-,24+,25-/m1/s1. The van der Waals surface area contributed by atoms with Gasteiger partial charge in [-0.15, -0.1) is 0 Å². The lowest BCUT2D eigenvalue weighted by molar-refractivity contribution is -0.113. The number of hydrogen-bond donors (Lipinski definition) is 0. The van der Waals surface area contributed by atoms with Gasteiger partial charge in [0.1, 0.15) is 6.29 Å². The molecule has 144 valence electrons. The molecule has 0 spiro atoms. The van der Waals surface area contributed by atoms with E-state index in [1.165, 1.54) is 56.0 Å². The summed E-state index contributed by atoms with van der Waals surface area (Å²) in [5.74, 6) is 3.48. The Kier molecular flexibility index (Phi) is 5.66. The van der Waals surface area contributed by atoms with E-state index in [4.69, 9.17) is 0 Å². The van der Waals surface area contributed by atoms with E-state index in [0.29, 0.717) is 23.2 Å². The number of fused-ring (bicyclic) bond motifs is 1. The van der Waals surface area contributed by atoms with Gasteiger partial charge in [-0.3, -0.25) is 0 Å². The predicted molar refractivity (Wildman–Crippen MR) is 111 cm³/mol. The van der Waals surface area contributed by atoms with Gasteiger partial charge in [-0.2, -0.15) is 0 Å². The smallest absolute Gasteiger partial charge is 0.123 e. The second-order valence-electron chi connectivity index (χ2n) is 9.88. The Morgan fingerprint density at radius 3 is 2.62 bits per heavy atom. The van der Waals surface area contributed by atoms with Crippen molar-refractivity contribution in [3.05, 3.63) is 35.5 Å². The molecule has 7 atom stereocenters. The number of carbonyl (C=O) groups is 1. The molecular weight excluding hydrogens is 316 g/mol. The Balaban J connectivity index is 1.83. The van der Waals surface area contributed by atoms with Crippen molar-refractivity contribution in [2.75, 3.05) is 0 Å². The van der Waals surface area contributed by atoms with E-state index in [0.717, 1.165) is 11.8 Å². The van der Waals surface area contributed by atoms with Gasteiger partial charge in [0.15, 0.2) is 0 Å². The van der Waals surface area contributed by atoms with E-state index in [2.05, 4.69) is 53.3 Å². The highest BCUT2D eigenvalue weighted by Gasteiger charge is 2.50. The summed E-state index contributed by atoms with van der Waals surface area (Å²) in [6, 6.07) is 0. The van der Waals surface area contributed by atoms with Gasteiger partial charge in [0, 0.05) is 5.92 Å². The maximum Gasteiger partial charge on any atom is 0.123 e. The van der Waals surface area contributed by atoms with Crippen LogP contribution in [0.15, 0.2) is 35.5 Å². The fourth-order valence-electron chi connectivity index (χ4n) is 6.39. The van der Waals surface area contributed by atoms with Crippen LogP contribution in [0.1, 0.15) is 73.1 Å². The fraction of sp³-hybridized carbons (Fsp3) is 0.720. The van der Waals surface area contributed by atoms with Crippen LogP contribution in [0.3, 0.4) is 0 Å². The van der Waals surface area contributed by atoms with Crippen molar-refractivity contribution < 1.29 is 4.79 Å². The fourth-order valence-corrected chi connectivity index (χ4v) is 6.39. The minimum atomic E-state index is 0.198. The highest BCUT2D eigenvalue weighted by Crippen LogP contribution is 2.59. The van der Waals surface area contributed by atoms with Crippen molar-refractivity contribution in [1.29, 1.82) is 0 Å². The summed E-state index contributed by atoms with van der Waals surface area (Å²) in [4.78, 5) is 11.4. The molecule has 0 aliphatic heterocycles. The van der Waals surface area contributed by atoms with Crippen LogP contribution in [-0.4, -0.2) is 6.29 Å². The maximum atomic E-state index is 11.4. The number of hydrogen-bond acceptors (Lipinski definition) is 1. The van der Waals surface area contributed by atoms with Gasteiger partial charge >= 0.3 is 0 Å². The molecule has 3 fully saturated rings. The van der Waals surface area contributed by atoms with E-state index in [-0.39, 0.29) is 5.92 Å². The van der Waals surface area contributed by atoms with E-state index >= 15 is 0 Å². The molecule has 3 aliphatic rings. The molecule has 0 saturated heterocycles. The molecule has 0 N–H and O–H groups in total. The molecule has 0 radical (unpaired) electrons. The van der Waals surface area contributed by atoms with Gasteiger partial charge < -0.3 is 4.79 Å². The zero-order chi connectivity index (χ0) is 19.1. The topological polar surface area (TPSA) is 17.1 Å². The van der Waals surface area contributed by atoms with Crippen LogP contribution in [0.5, 0.6) is 0 Å². The van der Waals surface area contributed by atoms with E-state index in [1.54, 1.807) is 5.57 Å². The monoisotopic (exact) mass is 354 g/mol. The third-order valence-corrected chi connectivity index (χ3v) is 8.58. The van der Waals surface area contributed by atoms with Crippen LogP contribution in [0.4, 0.5) is 0 Å². The van der Waals surface area contributed by atoms with Crippen molar-refractivity contribution in [3.63, 3.8) is 0 Å². The van der Waals surface area contributed by atoms with E-state index in [1.807, 2.05) is 0 Å². The highest BCUT2D eigenvalue weighted by atomic mass is 16.1. The Morgan fingerprint density at radius 1 is 1.19 bits per heavy atom. The molecule has 0 unspecified atom stereocenters. The maximum absolute atomic E-state index is 11.4. The SMILES string of the molecule is C=C1/C(=C\C=C2/CCC[C@]3(C)[C@@H]([C@H](C)C=O)CC[C@@H]23)C[C@@H](C)[C@H](C)[C@@H]1C. The Morgan fingerprint density at radius 2 is 1.92 bits per heavy atom. The molecule has 1 heteroatoms. The number of rotatable bonds is 3. The third-order valence-electron chi connectivity index (χ3n) is 8.58. The van der Waals surface area contributed by atoms with Crippen LogP contribution in [0.2, 0.25) is 0 Å².